The van der Waals surface area contributed by atoms with Crippen LogP contribution >= 0.6 is 0 Å². The number of aromatic nitrogens is 1. The van der Waals surface area contributed by atoms with Gasteiger partial charge in [-0.2, -0.15) is 0 Å². The zero-order chi connectivity index (χ0) is 14.2. The van der Waals surface area contributed by atoms with Gasteiger partial charge in [-0.3, -0.25) is 4.79 Å². The third kappa shape index (κ3) is 2.30. The van der Waals surface area contributed by atoms with Crippen molar-refractivity contribution >= 4 is 11.7 Å². The van der Waals surface area contributed by atoms with Crippen LogP contribution in [0, 0.1) is 6.92 Å². The lowest BCUT2D eigenvalue weighted by atomic mass is 9.97. The molecule has 0 aliphatic carbocycles. The van der Waals surface area contributed by atoms with E-state index in [1.54, 1.807) is 4.90 Å². The van der Waals surface area contributed by atoms with Crippen molar-refractivity contribution in [3.63, 3.8) is 0 Å². The zero-order valence-electron chi connectivity index (χ0n) is 12.1. The molecule has 0 bridgehead atoms. The number of carbonyl (C=O) groups excluding carboxylic acids is 1. The van der Waals surface area contributed by atoms with Crippen LogP contribution < -0.4 is 10.6 Å². The number of nitrogens with zero attached hydrogens (tertiary/aromatic N) is 3. The summed E-state index contributed by atoms with van der Waals surface area (Å²) in [7, 11) is 1.84. The summed E-state index contributed by atoms with van der Waals surface area (Å²) in [6.45, 7) is 7.75. The van der Waals surface area contributed by atoms with Crippen molar-refractivity contribution in [2.75, 3.05) is 25.0 Å². The van der Waals surface area contributed by atoms with Crippen LogP contribution in [0.1, 0.15) is 25.1 Å². The first-order valence-electron chi connectivity index (χ1n) is 6.57. The fourth-order valence-corrected chi connectivity index (χ4v) is 2.55. The van der Waals surface area contributed by atoms with E-state index in [2.05, 4.69) is 9.88 Å². The highest BCUT2D eigenvalue weighted by molar-refractivity contribution is 5.90. The molecule has 0 spiro atoms. The quantitative estimate of drug-likeness (QED) is 0.860. The number of amides is 1. The van der Waals surface area contributed by atoms with E-state index in [0.717, 1.165) is 23.6 Å². The summed E-state index contributed by atoms with van der Waals surface area (Å²) < 4.78 is 0. The molecule has 0 radical (unpaired) electrons. The number of piperazine rings is 1. The van der Waals surface area contributed by atoms with Gasteiger partial charge in [-0.1, -0.05) is 6.07 Å². The molecule has 5 heteroatoms. The number of rotatable bonds is 2. The second-order valence-electron chi connectivity index (χ2n) is 5.58. The SMILES string of the molecule is Cc1ccc(CN)c(N2CCN(C)C(=O)C2(C)C)n1. The van der Waals surface area contributed by atoms with Gasteiger partial charge in [0.05, 0.1) is 0 Å². The van der Waals surface area contributed by atoms with Crippen molar-refractivity contribution in [3.8, 4) is 0 Å². The molecule has 1 fully saturated rings. The number of nitrogens with two attached hydrogens (primary N) is 1. The van der Waals surface area contributed by atoms with E-state index in [1.165, 1.54) is 0 Å². The lowest BCUT2D eigenvalue weighted by Crippen LogP contribution is -2.62. The minimum atomic E-state index is -0.586. The standard InChI is InChI=1S/C14H22N4O/c1-10-5-6-11(9-15)12(16-10)18-8-7-17(4)13(19)14(18,2)3/h5-6H,7-9,15H2,1-4H3. The summed E-state index contributed by atoms with van der Waals surface area (Å²) >= 11 is 0. The van der Waals surface area contributed by atoms with Crippen molar-refractivity contribution in [2.45, 2.75) is 32.9 Å². The van der Waals surface area contributed by atoms with Gasteiger partial charge in [0.1, 0.15) is 11.4 Å². The molecule has 0 saturated carbocycles. The van der Waals surface area contributed by atoms with Crippen LogP contribution in [0.25, 0.3) is 0 Å². The monoisotopic (exact) mass is 262 g/mol. The Morgan fingerprint density at radius 2 is 2.05 bits per heavy atom. The molecule has 104 valence electrons. The summed E-state index contributed by atoms with van der Waals surface area (Å²) in [6.07, 6.45) is 0. The summed E-state index contributed by atoms with van der Waals surface area (Å²) in [6, 6.07) is 3.95. The second-order valence-corrected chi connectivity index (χ2v) is 5.58. The third-order valence-electron chi connectivity index (χ3n) is 3.77. The molecule has 19 heavy (non-hydrogen) atoms. The molecule has 1 aromatic heterocycles. The molecule has 0 atom stereocenters. The second kappa shape index (κ2) is 4.81. The summed E-state index contributed by atoms with van der Waals surface area (Å²) in [5.41, 5.74) is 7.13. The molecule has 2 N–H and O–H groups in total. The molecule has 1 aliphatic rings. The number of anilines is 1. The molecule has 1 aliphatic heterocycles. The first-order valence-corrected chi connectivity index (χ1v) is 6.57. The van der Waals surface area contributed by atoms with Gasteiger partial charge in [-0.15, -0.1) is 0 Å². The Kier molecular flexibility index (Phi) is 3.49. The van der Waals surface area contributed by atoms with Gasteiger partial charge in [0.2, 0.25) is 5.91 Å². The highest BCUT2D eigenvalue weighted by Crippen LogP contribution is 2.29. The maximum Gasteiger partial charge on any atom is 0.247 e. The lowest BCUT2D eigenvalue weighted by molar-refractivity contribution is -0.136. The molecule has 2 heterocycles. The van der Waals surface area contributed by atoms with Crippen molar-refractivity contribution in [2.24, 2.45) is 5.73 Å². The van der Waals surface area contributed by atoms with E-state index in [-0.39, 0.29) is 5.91 Å². The normalized spacial score (nSPS) is 18.9. The van der Waals surface area contributed by atoms with Crippen LogP contribution in [-0.4, -0.2) is 41.5 Å². The van der Waals surface area contributed by atoms with Crippen LogP contribution in [-0.2, 0) is 11.3 Å². The van der Waals surface area contributed by atoms with Crippen LogP contribution in [0.5, 0.6) is 0 Å². The third-order valence-corrected chi connectivity index (χ3v) is 3.77. The lowest BCUT2D eigenvalue weighted by Gasteiger charge is -2.46. The Morgan fingerprint density at radius 1 is 1.37 bits per heavy atom. The van der Waals surface area contributed by atoms with Gasteiger partial charge in [0.25, 0.3) is 0 Å². The van der Waals surface area contributed by atoms with Gasteiger partial charge in [-0.05, 0) is 26.8 Å². The molecule has 1 amide bonds. The van der Waals surface area contributed by atoms with Crippen molar-refractivity contribution in [1.29, 1.82) is 0 Å². The molecule has 0 unspecified atom stereocenters. The Labute approximate surface area is 114 Å². The number of pyridine rings is 1. The van der Waals surface area contributed by atoms with E-state index in [9.17, 15) is 4.79 Å². The Hall–Kier alpha value is -1.62. The minimum absolute atomic E-state index is 0.116. The predicted molar refractivity (Wildman–Crippen MR) is 75.9 cm³/mol. The Bertz CT molecular complexity index is 498. The number of likely N-dealkylation sites (N-methyl/N-ethyl adjacent to an activating group) is 1. The van der Waals surface area contributed by atoms with Gasteiger partial charge < -0.3 is 15.5 Å². The maximum absolute atomic E-state index is 12.3. The molecular formula is C14H22N4O. The molecule has 1 aromatic rings. The van der Waals surface area contributed by atoms with Gasteiger partial charge in [-0.25, -0.2) is 4.98 Å². The number of hydrogen-bond donors (Lipinski definition) is 1. The fraction of sp³-hybridized carbons (Fsp3) is 0.571. The highest BCUT2D eigenvalue weighted by Gasteiger charge is 2.41. The molecular weight excluding hydrogens is 240 g/mol. The zero-order valence-corrected chi connectivity index (χ0v) is 12.1. The Morgan fingerprint density at radius 3 is 2.68 bits per heavy atom. The van der Waals surface area contributed by atoms with Gasteiger partial charge in [0, 0.05) is 37.9 Å². The largest absolute Gasteiger partial charge is 0.342 e. The van der Waals surface area contributed by atoms with Crippen LogP contribution in [0.15, 0.2) is 12.1 Å². The van der Waals surface area contributed by atoms with E-state index >= 15 is 0 Å². The van der Waals surface area contributed by atoms with Crippen molar-refractivity contribution < 1.29 is 4.79 Å². The van der Waals surface area contributed by atoms with E-state index in [4.69, 9.17) is 5.73 Å². The summed E-state index contributed by atoms with van der Waals surface area (Å²) in [5, 5.41) is 0. The molecule has 0 aromatic carbocycles. The van der Waals surface area contributed by atoms with Crippen LogP contribution in [0.3, 0.4) is 0 Å². The van der Waals surface area contributed by atoms with Gasteiger partial charge >= 0.3 is 0 Å². The minimum Gasteiger partial charge on any atom is -0.342 e. The fourth-order valence-electron chi connectivity index (χ4n) is 2.55. The van der Waals surface area contributed by atoms with E-state index < -0.39 is 5.54 Å². The van der Waals surface area contributed by atoms with E-state index in [1.807, 2.05) is 40.0 Å². The van der Waals surface area contributed by atoms with Crippen LogP contribution in [0.4, 0.5) is 5.82 Å². The number of carbonyl (C=O) groups is 1. The van der Waals surface area contributed by atoms with E-state index in [0.29, 0.717) is 13.1 Å². The average Bonchev–Trinajstić information content (AvgIpc) is 2.36. The molecule has 1 saturated heterocycles. The topological polar surface area (TPSA) is 62.5 Å². The highest BCUT2D eigenvalue weighted by atomic mass is 16.2. The predicted octanol–water partition coefficient (Wildman–Crippen LogP) is 0.906. The average molecular weight is 262 g/mol. The van der Waals surface area contributed by atoms with Gasteiger partial charge in [0.15, 0.2) is 0 Å². The van der Waals surface area contributed by atoms with Crippen molar-refractivity contribution in [1.82, 2.24) is 9.88 Å². The smallest absolute Gasteiger partial charge is 0.247 e. The number of aryl methyl sites for hydroxylation is 1. The van der Waals surface area contributed by atoms with Crippen LogP contribution in [0.2, 0.25) is 0 Å². The maximum atomic E-state index is 12.3. The summed E-state index contributed by atoms with van der Waals surface area (Å²) in [4.78, 5) is 20.8. The molecule has 5 nitrogen and oxygen atoms in total. The van der Waals surface area contributed by atoms with Crippen molar-refractivity contribution in [3.05, 3.63) is 23.4 Å². The first kappa shape index (κ1) is 13.8. The molecule has 2 rings (SSSR count). The number of hydrogen-bond acceptors (Lipinski definition) is 4. The summed E-state index contributed by atoms with van der Waals surface area (Å²) in [5.74, 6) is 0.957. The first-order chi connectivity index (χ1) is 8.87. The Balaban J connectivity index is 2.46.